The molecular formula is C15H11BrClFO3. The fraction of sp³-hybridized carbons (Fsp3) is 0.133. The lowest BCUT2D eigenvalue weighted by atomic mass is 10.0. The molecule has 0 heterocycles. The van der Waals surface area contributed by atoms with Gasteiger partial charge in [-0.25, -0.2) is 4.39 Å². The lowest BCUT2D eigenvalue weighted by molar-refractivity contribution is 0.103. The number of carbonyl (C=O) groups is 1. The van der Waals surface area contributed by atoms with E-state index in [1.807, 2.05) is 0 Å². The van der Waals surface area contributed by atoms with Gasteiger partial charge in [-0.1, -0.05) is 17.7 Å². The molecule has 2 aromatic rings. The maximum atomic E-state index is 13.9. The molecule has 3 nitrogen and oxygen atoms in total. The van der Waals surface area contributed by atoms with Gasteiger partial charge in [0, 0.05) is 0 Å². The average molecular weight is 374 g/mol. The molecule has 2 rings (SSSR count). The second kappa shape index (κ2) is 6.45. The summed E-state index contributed by atoms with van der Waals surface area (Å²) in [6.45, 7) is 0. The largest absolute Gasteiger partial charge is 0.496 e. The van der Waals surface area contributed by atoms with Crippen LogP contribution in [0.25, 0.3) is 0 Å². The Hall–Kier alpha value is -1.59. The summed E-state index contributed by atoms with van der Waals surface area (Å²) in [5.74, 6) is -0.518. The van der Waals surface area contributed by atoms with Gasteiger partial charge in [0.05, 0.1) is 34.8 Å². The Kier molecular flexibility index (Phi) is 4.85. The smallest absolute Gasteiger partial charge is 0.201 e. The van der Waals surface area contributed by atoms with Crippen LogP contribution in [0, 0.1) is 5.82 Å². The van der Waals surface area contributed by atoms with Gasteiger partial charge in [-0.2, -0.15) is 0 Å². The Morgan fingerprint density at radius 3 is 2.43 bits per heavy atom. The van der Waals surface area contributed by atoms with Crippen LogP contribution in [0.4, 0.5) is 4.39 Å². The lowest BCUT2D eigenvalue weighted by Gasteiger charge is -2.12. The summed E-state index contributed by atoms with van der Waals surface area (Å²) in [5.41, 5.74) is -0.0219. The molecule has 0 spiro atoms. The van der Waals surface area contributed by atoms with Crippen LogP contribution in [0.1, 0.15) is 15.9 Å². The third-order valence-corrected chi connectivity index (χ3v) is 3.84. The Labute approximate surface area is 134 Å². The van der Waals surface area contributed by atoms with E-state index < -0.39 is 11.6 Å². The molecule has 0 fully saturated rings. The number of hydrogen-bond donors (Lipinski definition) is 0. The molecule has 0 atom stereocenters. The molecule has 0 aromatic heterocycles. The molecule has 6 heteroatoms. The van der Waals surface area contributed by atoms with Crippen LogP contribution in [0.15, 0.2) is 34.8 Å². The second-order valence-electron chi connectivity index (χ2n) is 4.11. The van der Waals surface area contributed by atoms with Crippen LogP contribution in [0.3, 0.4) is 0 Å². The number of ketones is 1. The normalized spacial score (nSPS) is 10.3. The standard InChI is InChI=1S/C15H11BrClFO3/c1-20-12-7-9(16)13(21-2)6-8(12)15(19)14-10(17)4-3-5-11(14)18/h3-7H,1-2H3. The third kappa shape index (κ3) is 3.04. The number of carbonyl (C=O) groups excluding carboxylic acids is 1. The number of rotatable bonds is 4. The summed E-state index contributed by atoms with van der Waals surface area (Å²) in [4.78, 5) is 12.6. The van der Waals surface area contributed by atoms with Crippen LogP contribution < -0.4 is 9.47 Å². The number of ether oxygens (including phenoxy) is 2. The van der Waals surface area contributed by atoms with Crippen molar-refractivity contribution in [3.05, 3.63) is 56.8 Å². The van der Waals surface area contributed by atoms with Gasteiger partial charge in [0.2, 0.25) is 5.78 Å². The molecule has 0 bridgehead atoms. The lowest BCUT2D eigenvalue weighted by Crippen LogP contribution is -2.08. The topological polar surface area (TPSA) is 35.5 Å². The third-order valence-electron chi connectivity index (χ3n) is 2.91. The summed E-state index contributed by atoms with van der Waals surface area (Å²) >= 11 is 9.23. The molecule has 2 aromatic carbocycles. The Balaban J connectivity index is 2.63. The summed E-state index contributed by atoms with van der Waals surface area (Å²) in [5, 5.41) is 0.0453. The second-order valence-corrected chi connectivity index (χ2v) is 5.37. The molecule has 0 amide bonds. The van der Waals surface area contributed by atoms with Crippen LogP contribution in [-0.2, 0) is 0 Å². The molecule has 0 unspecified atom stereocenters. The van der Waals surface area contributed by atoms with Gasteiger partial charge in [-0.15, -0.1) is 0 Å². The molecule has 21 heavy (non-hydrogen) atoms. The molecule has 110 valence electrons. The molecular weight excluding hydrogens is 363 g/mol. The highest BCUT2D eigenvalue weighted by molar-refractivity contribution is 9.10. The van der Waals surface area contributed by atoms with Gasteiger partial charge in [0.1, 0.15) is 17.3 Å². The van der Waals surface area contributed by atoms with Crippen molar-refractivity contribution in [3.8, 4) is 11.5 Å². The SMILES string of the molecule is COc1cc(C(=O)c2c(F)cccc2Cl)c(OC)cc1Br. The molecule has 0 saturated carbocycles. The van der Waals surface area contributed by atoms with Gasteiger partial charge in [0.15, 0.2) is 0 Å². The van der Waals surface area contributed by atoms with E-state index in [9.17, 15) is 9.18 Å². The Morgan fingerprint density at radius 2 is 1.86 bits per heavy atom. The summed E-state index contributed by atoms with van der Waals surface area (Å²) in [7, 11) is 2.89. The van der Waals surface area contributed by atoms with E-state index in [0.29, 0.717) is 16.0 Å². The fourth-order valence-electron chi connectivity index (χ4n) is 1.89. The average Bonchev–Trinajstić information content (AvgIpc) is 2.46. The first-order valence-electron chi connectivity index (χ1n) is 5.89. The molecule has 0 radical (unpaired) electrons. The van der Waals surface area contributed by atoms with Crippen molar-refractivity contribution in [2.75, 3.05) is 14.2 Å². The van der Waals surface area contributed by atoms with Crippen molar-refractivity contribution in [2.24, 2.45) is 0 Å². The van der Waals surface area contributed by atoms with Gasteiger partial charge in [0.25, 0.3) is 0 Å². The van der Waals surface area contributed by atoms with Crippen molar-refractivity contribution < 1.29 is 18.7 Å². The Morgan fingerprint density at radius 1 is 1.19 bits per heavy atom. The highest BCUT2D eigenvalue weighted by Gasteiger charge is 2.22. The minimum absolute atomic E-state index is 0.0453. The first-order valence-corrected chi connectivity index (χ1v) is 7.07. The summed E-state index contributed by atoms with van der Waals surface area (Å²) in [6.07, 6.45) is 0. The van der Waals surface area contributed by atoms with E-state index in [4.69, 9.17) is 21.1 Å². The van der Waals surface area contributed by atoms with Crippen molar-refractivity contribution in [2.45, 2.75) is 0 Å². The molecule has 0 aliphatic rings. The molecule has 0 saturated heterocycles. The van der Waals surface area contributed by atoms with E-state index in [-0.39, 0.29) is 16.1 Å². The number of hydrogen-bond acceptors (Lipinski definition) is 3. The van der Waals surface area contributed by atoms with Crippen LogP contribution in [0.2, 0.25) is 5.02 Å². The van der Waals surface area contributed by atoms with Crippen molar-refractivity contribution >= 4 is 33.3 Å². The fourth-order valence-corrected chi connectivity index (χ4v) is 2.62. The van der Waals surface area contributed by atoms with E-state index >= 15 is 0 Å². The maximum Gasteiger partial charge on any atom is 0.201 e. The highest BCUT2D eigenvalue weighted by atomic mass is 79.9. The van der Waals surface area contributed by atoms with Gasteiger partial charge >= 0.3 is 0 Å². The zero-order valence-electron chi connectivity index (χ0n) is 11.2. The zero-order valence-corrected chi connectivity index (χ0v) is 13.6. The minimum atomic E-state index is -0.684. The molecule has 0 aliphatic heterocycles. The monoisotopic (exact) mass is 372 g/mol. The van der Waals surface area contributed by atoms with E-state index in [1.165, 1.54) is 38.5 Å². The summed E-state index contributed by atoms with van der Waals surface area (Å²) < 4.78 is 24.8. The van der Waals surface area contributed by atoms with E-state index in [0.717, 1.165) is 0 Å². The van der Waals surface area contributed by atoms with Crippen molar-refractivity contribution in [3.63, 3.8) is 0 Å². The van der Waals surface area contributed by atoms with E-state index in [1.54, 1.807) is 6.07 Å². The van der Waals surface area contributed by atoms with Crippen LogP contribution >= 0.6 is 27.5 Å². The Bertz CT molecular complexity index is 683. The zero-order chi connectivity index (χ0) is 15.6. The first-order chi connectivity index (χ1) is 9.99. The van der Waals surface area contributed by atoms with Crippen molar-refractivity contribution in [1.29, 1.82) is 0 Å². The van der Waals surface area contributed by atoms with Crippen molar-refractivity contribution in [1.82, 2.24) is 0 Å². The number of halogens is 3. The van der Waals surface area contributed by atoms with Gasteiger partial charge in [-0.05, 0) is 40.2 Å². The first kappa shape index (κ1) is 15.8. The highest BCUT2D eigenvalue weighted by Crippen LogP contribution is 2.35. The number of benzene rings is 2. The predicted octanol–water partition coefficient (Wildman–Crippen LogP) is 4.49. The predicted molar refractivity (Wildman–Crippen MR) is 82.1 cm³/mol. The number of methoxy groups -OCH3 is 2. The van der Waals surface area contributed by atoms with Gasteiger partial charge < -0.3 is 9.47 Å². The van der Waals surface area contributed by atoms with E-state index in [2.05, 4.69) is 15.9 Å². The molecule has 0 aliphatic carbocycles. The minimum Gasteiger partial charge on any atom is -0.496 e. The summed E-state index contributed by atoms with van der Waals surface area (Å²) in [6, 6.07) is 7.14. The quantitative estimate of drug-likeness (QED) is 0.741. The van der Waals surface area contributed by atoms with Crippen LogP contribution in [-0.4, -0.2) is 20.0 Å². The molecule has 0 N–H and O–H groups in total. The maximum absolute atomic E-state index is 13.9. The van der Waals surface area contributed by atoms with Crippen LogP contribution in [0.5, 0.6) is 11.5 Å². The van der Waals surface area contributed by atoms with Gasteiger partial charge in [-0.3, -0.25) is 4.79 Å².